The van der Waals surface area contributed by atoms with Gasteiger partial charge in [0, 0.05) is 17.6 Å². The van der Waals surface area contributed by atoms with Crippen LogP contribution in [0.2, 0.25) is 0 Å². The number of hydrogen-bond donors (Lipinski definition) is 0. The second kappa shape index (κ2) is 3.55. The van der Waals surface area contributed by atoms with Crippen molar-refractivity contribution >= 4 is 10.9 Å². The Hall–Kier alpha value is -1.44. The standard InChI is InChI=1S/C14H17NO/c1-3-16-13-6-4-5-12-14(13)10(2)9-15(12)11-7-8-11/h4-6,9,11H,3,7-8H2,1-2H3. The van der Waals surface area contributed by atoms with E-state index in [-0.39, 0.29) is 0 Å². The third-order valence-corrected chi connectivity index (χ3v) is 3.25. The lowest BCUT2D eigenvalue weighted by Gasteiger charge is -2.06. The Kier molecular flexibility index (Phi) is 2.16. The van der Waals surface area contributed by atoms with Crippen molar-refractivity contribution < 1.29 is 4.74 Å². The van der Waals surface area contributed by atoms with Gasteiger partial charge in [0.15, 0.2) is 0 Å². The molecule has 3 rings (SSSR count). The summed E-state index contributed by atoms with van der Waals surface area (Å²) < 4.78 is 8.11. The summed E-state index contributed by atoms with van der Waals surface area (Å²) in [6.07, 6.45) is 4.91. The number of aromatic nitrogens is 1. The van der Waals surface area contributed by atoms with E-state index in [1.807, 2.05) is 6.92 Å². The summed E-state index contributed by atoms with van der Waals surface area (Å²) in [4.78, 5) is 0. The van der Waals surface area contributed by atoms with E-state index in [1.165, 1.54) is 29.3 Å². The second-order valence-electron chi connectivity index (χ2n) is 4.53. The van der Waals surface area contributed by atoms with Crippen molar-refractivity contribution in [3.63, 3.8) is 0 Å². The van der Waals surface area contributed by atoms with Gasteiger partial charge in [-0.15, -0.1) is 0 Å². The van der Waals surface area contributed by atoms with E-state index < -0.39 is 0 Å². The van der Waals surface area contributed by atoms with Gasteiger partial charge in [0.05, 0.1) is 12.1 Å². The molecule has 1 aromatic carbocycles. The summed E-state index contributed by atoms with van der Waals surface area (Å²) in [5.74, 6) is 1.02. The third-order valence-electron chi connectivity index (χ3n) is 3.25. The van der Waals surface area contributed by atoms with Gasteiger partial charge < -0.3 is 9.30 Å². The zero-order chi connectivity index (χ0) is 11.1. The zero-order valence-electron chi connectivity index (χ0n) is 9.86. The van der Waals surface area contributed by atoms with Gasteiger partial charge in [-0.2, -0.15) is 0 Å². The molecular formula is C14H17NO. The average Bonchev–Trinajstić information content (AvgIpc) is 3.05. The SMILES string of the molecule is CCOc1cccc2c1c(C)cn2C1CC1. The van der Waals surface area contributed by atoms with Crippen LogP contribution in [0.15, 0.2) is 24.4 Å². The largest absolute Gasteiger partial charge is 0.493 e. The Morgan fingerprint density at radius 1 is 1.38 bits per heavy atom. The molecular weight excluding hydrogens is 198 g/mol. The summed E-state index contributed by atoms with van der Waals surface area (Å²) in [6.45, 7) is 4.93. The minimum Gasteiger partial charge on any atom is -0.493 e. The number of rotatable bonds is 3. The number of aryl methyl sites for hydroxylation is 1. The average molecular weight is 215 g/mol. The molecule has 2 aromatic rings. The Balaban J connectivity index is 2.22. The van der Waals surface area contributed by atoms with Crippen molar-refractivity contribution in [2.24, 2.45) is 0 Å². The van der Waals surface area contributed by atoms with Crippen LogP contribution in [-0.2, 0) is 0 Å². The van der Waals surface area contributed by atoms with Crippen LogP contribution in [-0.4, -0.2) is 11.2 Å². The maximum atomic E-state index is 5.70. The van der Waals surface area contributed by atoms with Crippen molar-refractivity contribution in [3.05, 3.63) is 30.0 Å². The monoisotopic (exact) mass is 215 g/mol. The molecule has 84 valence electrons. The van der Waals surface area contributed by atoms with Crippen molar-refractivity contribution in [2.45, 2.75) is 32.7 Å². The van der Waals surface area contributed by atoms with Crippen LogP contribution in [0.1, 0.15) is 31.4 Å². The van der Waals surface area contributed by atoms with Gasteiger partial charge in [-0.05, 0) is 44.4 Å². The molecule has 1 aliphatic carbocycles. The van der Waals surface area contributed by atoms with E-state index in [2.05, 4.69) is 35.9 Å². The molecule has 0 aliphatic heterocycles. The highest BCUT2D eigenvalue weighted by molar-refractivity contribution is 5.90. The first-order valence-electron chi connectivity index (χ1n) is 6.04. The van der Waals surface area contributed by atoms with Crippen LogP contribution in [0.5, 0.6) is 5.75 Å². The van der Waals surface area contributed by atoms with Gasteiger partial charge in [0.25, 0.3) is 0 Å². The van der Waals surface area contributed by atoms with Crippen molar-refractivity contribution in [1.29, 1.82) is 0 Å². The van der Waals surface area contributed by atoms with Crippen molar-refractivity contribution in [3.8, 4) is 5.75 Å². The topological polar surface area (TPSA) is 14.2 Å². The molecule has 0 N–H and O–H groups in total. The molecule has 0 unspecified atom stereocenters. The van der Waals surface area contributed by atoms with Crippen LogP contribution in [0.3, 0.4) is 0 Å². The molecule has 2 heteroatoms. The number of ether oxygens (including phenoxy) is 1. The van der Waals surface area contributed by atoms with E-state index >= 15 is 0 Å². The Morgan fingerprint density at radius 2 is 2.19 bits per heavy atom. The van der Waals surface area contributed by atoms with Gasteiger partial charge in [0.1, 0.15) is 5.75 Å². The summed E-state index contributed by atoms with van der Waals surface area (Å²) in [5.41, 5.74) is 2.65. The number of nitrogens with zero attached hydrogens (tertiary/aromatic N) is 1. The molecule has 1 fully saturated rings. The number of benzene rings is 1. The maximum Gasteiger partial charge on any atom is 0.128 e. The molecule has 0 bridgehead atoms. The predicted octanol–water partition coefficient (Wildman–Crippen LogP) is 3.68. The summed E-state index contributed by atoms with van der Waals surface area (Å²) in [6, 6.07) is 7.08. The first-order valence-corrected chi connectivity index (χ1v) is 6.04. The second-order valence-corrected chi connectivity index (χ2v) is 4.53. The van der Waals surface area contributed by atoms with Gasteiger partial charge in [-0.1, -0.05) is 6.07 Å². The highest BCUT2D eigenvalue weighted by atomic mass is 16.5. The quantitative estimate of drug-likeness (QED) is 0.761. The normalized spacial score (nSPS) is 15.6. The van der Waals surface area contributed by atoms with Crippen molar-refractivity contribution in [1.82, 2.24) is 4.57 Å². The summed E-state index contributed by atoms with van der Waals surface area (Å²) >= 11 is 0. The van der Waals surface area contributed by atoms with Crippen LogP contribution < -0.4 is 4.74 Å². The molecule has 1 saturated carbocycles. The third kappa shape index (κ3) is 1.41. The van der Waals surface area contributed by atoms with E-state index in [0.717, 1.165) is 18.4 Å². The lowest BCUT2D eigenvalue weighted by atomic mass is 10.2. The molecule has 16 heavy (non-hydrogen) atoms. The number of hydrogen-bond acceptors (Lipinski definition) is 1. The maximum absolute atomic E-state index is 5.70. The fraction of sp³-hybridized carbons (Fsp3) is 0.429. The van der Waals surface area contributed by atoms with Crippen LogP contribution in [0.25, 0.3) is 10.9 Å². The van der Waals surface area contributed by atoms with Crippen molar-refractivity contribution in [2.75, 3.05) is 6.61 Å². The van der Waals surface area contributed by atoms with Gasteiger partial charge in [-0.25, -0.2) is 0 Å². The molecule has 1 aliphatic rings. The fourth-order valence-corrected chi connectivity index (χ4v) is 2.40. The van der Waals surface area contributed by atoms with Gasteiger partial charge >= 0.3 is 0 Å². The Morgan fingerprint density at radius 3 is 2.88 bits per heavy atom. The molecule has 0 amide bonds. The molecule has 0 radical (unpaired) electrons. The van der Waals surface area contributed by atoms with Gasteiger partial charge in [0.2, 0.25) is 0 Å². The number of fused-ring (bicyclic) bond motifs is 1. The fourth-order valence-electron chi connectivity index (χ4n) is 2.40. The van der Waals surface area contributed by atoms with Crippen LogP contribution >= 0.6 is 0 Å². The lowest BCUT2D eigenvalue weighted by Crippen LogP contribution is -1.93. The van der Waals surface area contributed by atoms with E-state index in [1.54, 1.807) is 0 Å². The molecule has 0 atom stereocenters. The minimum absolute atomic E-state index is 0.729. The molecule has 0 spiro atoms. The van der Waals surface area contributed by atoms with E-state index in [4.69, 9.17) is 4.74 Å². The lowest BCUT2D eigenvalue weighted by molar-refractivity contribution is 0.344. The van der Waals surface area contributed by atoms with E-state index in [0.29, 0.717) is 0 Å². The van der Waals surface area contributed by atoms with E-state index in [9.17, 15) is 0 Å². The zero-order valence-corrected chi connectivity index (χ0v) is 9.86. The predicted molar refractivity (Wildman–Crippen MR) is 66.1 cm³/mol. The molecule has 1 aromatic heterocycles. The minimum atomic E-state index is 0.729. The first kappa shape index (κ1) is 9.76. The molecule has 2 nitrogen and oxygen atoms in total. The Bertz CT molecular complexity index is 523. The van der Waals surface area contributed by atoms with Crippen LogP contribution in [0, 0.1) is 6.92 Å². The summed E-state index contributed by atoms with van der Waals surface area (Å²) in [7, 11) is 0. The Labute approximate surface area is 95.8 Å². The molecule has 1 heterocycles. The molecule has 0 saturated heterocycles. The first-order chi connectivity index (χ1) is 7.81. The van der Waals surface area contributed by atoms with Crippen LogP contribution in [0.4, 0.5) is 0 Å². The smallest absolute Gasteiger partial charge is 0.128 e. The summed E-state index contributed by atoms with van der Waals surface area (Å²) in [5, 5.41) is 1.29. The highest BCUT2D eigenvalue weighted by Crippen LogP contribution is 2.40. The van der Waals surface area contributed by atoms with Gasteiger partial charge in [-0.3, -0.25) is 0 Å². The highest BCUT2D eigenvalue weighted by Gasteiger charge is 2.25.